The zero-order valence-electron chi connectivity index (χ0n) is 14.8. The number of aromatic nitrogens is 1. The second kappa shape index (κ2) is 9.50. The Labute approximate surface area is 152 Å². The molecule has 25 heavy (non-hydrogen) atoms. The fourth-order valence-corrected chi connectivity index (χ4v) is 3.39. The van der Waals surface area contributed by atoms with Crippen LogP contribution in [0.15, 0.2) is 18.5 Å². The van der Waals surface area contributed by atoms with Gasteiger partial charge in [-0.25, -0.2) is 9.59 Å². The second-order valence-corrected chi connectivity index (χ2v) is 7.10. The molecule has 0 bridgehead atoms. The first kappa shape index (κ1) is 19.4. The fraction of sp³-hybridized carbons (Fsp3) is 0.588. The first-order valence-electron chi connectivity index (χ1n) is 8.45. The molecule has 0 radical (unpaired) electrons. The number of hydrogen-bond donors (Lipinski definition) is 2. The molecule has 0 spiro atoms. The number of anilines is 1. The molecular weight excluding hydrogens is 340 g/mol. The topological polar surface area (TPSA) is 85.8 Å². The van der Waals surface area contributed by atoms with Crippen molar-refractivity contribution in [1.29, 1.82) is 0 Å². The Hall–Kier alpha value is -1.96. The third-order valence-corrected chi connectivity index (χ3v) is 4.96. The lowest BCUT2D eigenvalue weighted by Crippen LogP contribution is -2.49. The van der Waals surface area contributed by atoms with Crippen molar-refractivity contribution >= 4 is 29.4 Å². The first-order chi connectivity index (χ1) is 12.0. The summed E-state index contributed by atoms with van der Waals surface area (Å²) in [5.74, 6) is -0.280. The van der Waals surface area contributed by atoms with Gasteiger partial charge in [0.15, 0.2) is 0 Å². The van der Waals surface area contributed by atoms with Gasteiger partial charge in [-0.2, -0.15) is 11.8 Å². The highest BCUT2D eigenvalue weighted by molar-refractivity contribution is 7.98. The van der Waals surface area contributed by atoms with Crippen LogP contribution in [0.4, 0.5) is 10.5 Å². The van der Waals surface area contributed by atoms with E-state index in [1.165, 1.54) is 0 Å². The summed E-state index contributed by atoms with van der Waals surface area (Å²) in [6, 6.07) is 0.872. The Morgan fingerprint density at radius 1 is 1.36 bits per heavy atom. The number of carbonyl (C=O) groups excluding carboxylic acids is 1. The number of nitrogens with one attached hydrogen (secondary N) is 1. The molecule has 1 fully saturated rings. The Morgan fingerprint density at radius 2 is 2.16 bits per heavy atom. The molecule has 1 aliphatic heterocycles. The zero-order chi connectivity index (χ0) is 18.2. The van der Waals surface area contributed by atoms with E-state index in [1.807, 2.05) is 25.4 Å². The number of amides is 2. The fourth-order valence-electron chi connectivity index (χ4n) is 2.92. The van der Waals surface area contributed by atoms with Gasteiger partial charge < -0.3 is 20.2 Å². The monoisotopic (exact) mass is 366 g/mol. The van der Waals surface area contributed by atoms with Crippen molar-refractivity contribution in [3.05, 3.63) is 24.0 Å². The minimum Gasteiger partial charge on any atom is -0.480 e. The molecule has 1 aromatic heterocycles. The lowest BCUT2D eigenvalue weighted by atomic mass is 10.2. The molecule has 1 saturated heterocycles. The maximum absolute atomic E-state index is 12.5. The molecule has 1 aromatic rings. The average molecular weight is 366 g/mol. The van der Waals surface area contributed by atoms with Crippen LogP contribution in [-0.2, 0) is 4.79 Å². The van der Waals surface area contributed by atoms with Crippen molar-refractivity contribution in [1.82, 2.24) is 15.2 Å². The van der Waals surface area contributed by atoms with E-state index in [1.54, 1.807) is 22.9 Å². The quantitative estimate of drug-likeness (QED) is 0.799. The van der Waals surface area contributed by atoms with Gasteiger partial charge in [-0.15, -0.1) is 0 Å². The lowest BCUT2D eigenvalue weighted by molar-refractivity contribution is -0.139. The number of pyridine rings is 1. The van der Waals surface area contributed by atoms with E-state index in [4.69, 9.17) is 0 Å². The van der Waals surface area contributed by atoms with Crippen molar-refractivity contribution in [3.8, 4) is 0 Å². The van der Waals surface area contributed by atoms with Gasteiger partial charge in [0.25, 0.3) is 0 Å². The maximum Gasteiger partial charge on any atom is 0.326 e. The van der Waals surface area contributed by atoms with Gasteiger partial charge in [0, 0.05) is 44.3 Å². The standard InChI is InChI=1S/C17H26N4O3S/c1-13-12-18-6-4-15(13)20-7-3-8-21(10-9-20)17(24)19-14(16(22)23)5-11-25-2/h4,6,12,14H,3,5,7-11H2,1-2H3,(H,19,24)(H,22,23)/t14-/m1/s1. The summed E-state index contributed by atoms with van der Waals surface area (Å²) in [6.45, 7) is 4.81. The average Bonchev–Trinajstić information content (AvgIpc) is 2.84. The molecule has 2 heterocycles. The molecule has 138 valence electrons. The van der Waals surface area contributed by atoms with Crippen LogP contribution >= 0.6 is 11.8 Å². The number of aryl methyl sites for hydroxylation is 1. The number of rotatable bonds is 6. The van der Waals surface area contributed by atoms with E-state index in [0.29, 0.717) is 25.3 Å². The Kier molecular flexibility index (Phi) is 7.36. The summed E-state index contributed by atoms with van der Waals surface area (Å²) in [5.41, 5.74) is 2.25. The van der Waals surface area contributed by atoms with Gasteiger partial charge in [0.1, 0.15) is 6.04 Å². The van der Waals surface area contributed by atoms with Crippen LogP contribution in [-0.4, -0.2) is 71.2 Å². The van der Waals surface area contributed by atoms with Crippen LogP contribution in [0.2, 0.25) is 0 Å². The summed E-state index contributed by atoms with van der Waals surface area (Å²) in [5, 5.41) is 11.9. The molecule has 0 unspecified atom stereocenters. The highest BCUT2D eigenvalue weighted by Gasteiger charge is 2.25. The molecule has 0 aliphatic carbocycles. The van der Waals surface area contributed by atoms with Crippen LogP contribution < -0.4 is 10.2 Å². The number of urea groups is 1. The minimum absolute atomic E-state index is 0.290. The van der Waals surface area contributed by atoms with Crippen molar-refractivity contribution in [3.63, 3.8) is 0 Å². The molecule has 2 rings (SSSR count). The predicted molar refractivity (Wildman–Crippen MR) is 100 cm³/mol. The summed E-state index contributed by atoms with van der Waals surface area (Å²) < 4.78 is 0. The normalized spacial score (nSPS) is 16.2. The van der Waals surface area contributed by atoms with Gasteiger partial charge in [-0.05, 0) is 43.4 Å². The molecule has 0 saturated carbocycles. The van der Waals surface area contributed by atoms with Gasteiger partial charge in [0.2, 0.25) is 0 Å². The number of carboxylic acids is 1. The third kappa shape index (κ3) is 5.52. The maximum atomic E-state index is 12.5. The number of nitrogens with zero attached hydrogens (tertiary/aromatic N) is 3. The van der Waals surface area contributed by atoms with E-state index >= 15 is 0 Å². The number of thioether (sulfide) groups is 1. The van der Waals surface area contributed by atoms with Crippen LogP contribution in [0.1, 0.15) is 18.4 Å². The highest BCUT2D eigenvalue weighted by Crippen LogP contribution is 2.20. The van der Waals surface area contributed by atoms with E-state index in [9.17, 15) is 14.7 Å². The summed E-state index contributed by atoms with van der Waals surface area (Å²) in [6.07, 6.45) is 6.82. The molecule has 0 aromatic carbocycles. The Morgan fingerprint density at radius 3 is 2.84 bits per heavy atom. The van der Waals surface area contributed by atoms with Crippen molar-refractivity contribution in [2.24, 2.45) is 0 Å². The minimum atomic E-state index is -0.980. The molecule has 2 amide bonds. The van der Waals surface area contributed by atoms with Gasteiger partial charge in [-0.3, -0.25) is 4.98 Å². The van der Waals surface area contributed by atoms with E-state index < -0.39 is 12.0 Å². The third-order valence-electron chi connectivity index (χ3n) is 4.32. The van der Waals surface area contributed by atoms with Gasteiger partial charge in [0.05, 0.1) is 0 Å². The summed E-state index contributed by atoms with van der Waals surface area (Å²) >= 11 is 1.57. The predicted octanol–water partition coefficient (Wildman–Crippen LogP) is 1.82. The lowest BCUT2D eigenvalue weighted by Gasteiger charge is -2.25. The molecule has 1 aliphatic rings. The molecule has 2 N–H and O–H groups in total. The zero-order valence-corrected chi connectivity index (χ0v) is 15.6. The summed E-state index contributed by atoms with van der Waals surface area (Å²) in [7, 11) is 0. The van der Waals surface area contributed by atoms with Crippen molar-refractivity contribution < 1.29 is 14.7 Å². The number of carbonyl (C=O) groups is 2. The van der Waals surface area contributed by atoms with Crippen LogP contribution in [0, 0.1) is 6.92 Å². The van der Waals surface area contributed by atoms with Crippen LogP contribution in [0.5, 0.6) is 0 Å². The van der Waals surface area contributed by atoms with Crippen LogP contribution in [0.25, 0.3) is 0 Å². The number of aliphatic carboxylic acids is 1. The molecule has 8 heteroatoms. The SMILES string of the molecule is CSCC[C@@H](NC(=O)N1CCCN(c2ccncc2C)CC1)C(=O)O. The molecule has 7 nitrogen and oxygen atoms in total. The van der Waals surface area contributed by atoms with E-state index in [0.717, 1.165) is 30.8 Å². The van der Waals surface area contributed by atoms with E-state index in [-0.39, 0.29) is 6.03 Å². The van der Waals surface area contributed by atoms with Gasteiger partial charge >= 0.3 is 12.0 Å². The molecular formula is C17H26N4O3S. The van der Waals surface area contributed by atoms with E-state index in [2.05, 4.69) is 15.2 Å². The molecule has 1 atom stereocenters. The summed E-state index contributed by atoms with van der Waals surface area (Å²) in [4.78, 5) is 31.9. The second-order valence-electron chi connectivity index (χ2n) is 6.11. The van der Waals surface area contributed by atoms with Crippen molar-refractivity contribution in [2.45, 2.75) is 25.8 Å². The van der Waals surface area contributed by atoms with Crippen molar-refractivity contribution in [2.75, 3.05) is 43.1 Å². The largest absolute Gasteiger partial charge is 0.480 e. The van der Waals surface area contributed by atoms with Gasteiger partial charge in [-0.1, -0.05) is 0 Å². The number of hydrogen-bond acceptors (Lipinski definition) is 5. The first-order valence-corrected chi connectivity index (χ1v) is 9.85. The highest BCUT2D eigenvalue weighted by atomic mass is 32.2. The number of carboxylic acid groups (broad SMARTS) is 1. The smallest absolute Gasteiger partial charge is 0.326 e. The Balaban J connectivity index is 1.94. The van der Waals surface area contributed by atoms with Crippen LogP contribution in [0.3, 0.4) is 0 Å². The Bertz CT molecular complexity index is 599.